The Morgan fingerprint density at radius 2 is 2.03 bits per heavy atom. The van der Waals surface area contributed by atoms with Gasteiger partial charge in [0.25, 0.3) is 0 Å². The van der Waals surface area contributed by atoms with Gasteiger partial charge in [0.1, 0.15) is 23.3 Å². The molecule has 0 saturated carbocycles. The van der Waals surface area contributed by atoms with Gasteiger partial charge in [-0.3, -0.25) is 14.9 Å². The maximum atomic E-state index is 12.7. The fourth-order valence-corrected chi connectivity index (χ4v) is 5.14. The molecule has 1 fully saturated rings. The van der Waals surface area contributed by atoms with Gasteiger partial charge >= 0.3 is 6.03 Å². The third-order valence-electron chi connectivity index (χ3n) is 6.61. The minimum atomic E-state index is -0.286. The molecule has 1 saturated heterocycles. The molecule has 0 atom stereocenters. The summed E-state index contributed by atoms with van der Waals surface area (Å²) in [5.74, 6) is 2.20. The number of nitrogens with zero attached hydrogens (tertiary/aromatic N) is 4. The highest BCUT2D eigenvalue weighted by molar-refractivity contribution is 7.13. The molecule has 5 aromatic rings. The summed E-state index contributed by atoms with van der Waals surface area (Å²) >= 11 is 1.36. The van der Waals surface area contributed by atoms with Crippen LogP contribution in [0.2, 0.25) is 0 Å². The number of fused-ring (bicyclic) bond motifs is 2. The average Bonchev–Trinajstić information content (AvgIpc) is 3.62. The molecule has 190 valence electrons. The molecule has 6 rings (SSSR count). The first-order valence-corrected chi connectivity index (χ1v) is 13.2. The minimum absolute atomic E-state index is 0.286. The lowest BCUT2D eigenvalue weighted by atomic mass is 9.99. The Hall–Kier alpha value is -4.46. The van der Waals surface area contributed by atoms with Gasteiger partial charge in [-0.05, 0) is 68.2 Å². The van der Waals surface area contributed by atoms with Gasteiger partial charge in [0.05, 0.1) is 23.2 Å². The predicted octanol–water partition coefficient (Wildman–Crippen LogP) is 5.77. The normalized spacial score (nSPS) is 13.9. The number of rotatable bonds is 6. The summed E-state index contributed by atoms with van der Waals surface area (Å²) in [4.78, 5) is 21.3. The van der Waals surface area contributed by atoms with Gasteiger partial charge in [-0.1, -0.05) is 0 Å². The molecule has 0 radical (unpaired) electrons. The number of nitrogens with one attached hydrogen (secondary N) is 2. The molecule has 0 bridgehead atoms. The second kappa shape index (κ2) is 10.5. The van der Waals surface area contributed by atoms with Crippen molar-refractivity contribution in [2.45, 2.75) is 12.8 Å². The van der Waals surface area contributed by atoms with Crippen LogP contribution in [0.25, 0.3) is 21.8 Å². The van der Waals surface area contributed by atoms with Crippen molar-refractivity contribution in [2.24, 2.45) is 5.92 Å². The third-order valence-corrected chi connectivity index (χ3v) is 7.30. The van der Waals surface area contributed by atoms with Gasteiger partial charge in [-0.25, -0.2) is 9.78 Å². The van der Waals surface area contributed by atoms with E-state index in [1.807, 2.05) is 30.3 Å². The number of carbonyl (C=O) groups is 1. The highest BCUT2D eigenvalue weighted by Gasteiger charge is 2.17. The molecular weight excluding hydrogens is 500 g/mol. The Balaban J connectivity index is 1.24. The Morgan fingerprint density at radius 3 is 2.84 bits per heavy atom. The van der Waals surface area contributed by atoms with E-state index < -0.39 is 0 Å². The van der Waals surface area contributed by atoms with E-state index in [1.54, 1.807) is 36.1 Å². The topological polar surface area (TPSA) is 114 Å². The zero-order valence-electron chi connectivity index (χ0n) is 20.4. The Labute approximate surface area is 222 Å². The van der Waals surface area contributed by atoms with Crippen molar-refractivity contribution < 1.29 is 14.3 Å². The smallest absolute Gasteiger partial charge is 0.332 e. The zero-order chi connectivity index (χ0) is 25.9. The second-order valence-electron chi connectivity index (χ2n) is 9.07. The Bertz CT molecular complexity index is 1650. The lowest BCUT2D eigenvalue weighted by molar-refractivity contribution is 0.215. The van der Waals surface area contributed by atoms with Crippen LogP contribution in [0.4, 0.5) is 9.93 Å². The molecule has 2 aromatic carbocycles. The number of piperidine rings is 1. The molecular formula is C28H24N6O3S. The number of hydrogen-bond acceptors (Lipinski definition) is 8. The second-order valence-corrected chi connectivity index (χ2v) is 9.96. The Morgan fingerprint density at radius 1 is 1.13 bits per heavy atom. The maximum absolute atomic E-state index is 12.7. The molecule has 0 unspecified atom stereocenters. The molecule has 1 aliphatic heterocycles. The van der Waals surface area contributed by atoms with Crippen LogP contribution in [0.5, 0.6) is 17.2 Å². The van der Waals surface area contributed by atoms with Gasteiger partial charge in [-0.15, -0.1) is 11.3 Å². The number of aromatic nitrogens is 3. The molecule has 1 aliphatic rings. The summed E-state index contributed by atoms with van der Waals surface area (Å²) < 4.78 is 13.8. The number of pyridine rings is 1. The monoisotopic (exact) mass is 524 g/mol. The van der Waals surface area contributed by atoms with E-state index in [0.29, 0.717) is 46.0 Å². The van der Waals surface area contributed by atoms with Crippen LogP contribution in [0, 0.1) is 17.2 Å². The maximum Gasteiger partial charge on any atom is 0.332 e. The van der Waals surface area contributed by atoms with Gasteiger partial charge in [-0.2, -0.15) is 5.26 Å². The summed E-state index contributed by atoms with van der Waals surface area (Å²) in [6.45, 7) is 2.57. The van der Waals surface area contributed by atoms with Gasteiger partial charge < -0.3 is 14.8 Å². The van der Waals surface area contributed by atoms with Crippen LogP contribution in [-0.2, 0) is 0 Å². The molecule has 2 N–H and O–H groups in total. The van der Waals surface area contributed by atoms with E-state index in [0.717, 1.165) is 42.2 Å². The quantitative estimate of drug-likeness (QED) is 0.290. The number of thiazole rings is 1. The fraction of sp³-hybridized carbons (Fsp3) is 0.214. The van der Waals surface area contributed by atoms with Crippen molar-refractivity contribution in [2.75, 3.05) is 25.0 Å². The van der Waals surface area contributed by atoms with Crippen molar-refractivity contribution in [3.8, 4) is 23.3 Å². The van der Waals surface area contributed by atoms with E-state index in [4.69, 9.17) is 9.47 Å². The number of carbonyl (C=O) groups excluding carboxylic acids is 1. The first-order chi connectivity index (χ1) is 18.7. The van der Waals surface area contributed by atoms with Crippen LogP contribution >= 0.6 is 11.3 Å². The number of anilines is 1. The summed E-state index contributed by atoms with van der Waals surface area (Å²) in [5.41, 5.74) is 1.88. The van der Waals surface area contributed by atoms with Crippen LogP contribution in [0.3, 0.4) is 0 Å². The molecule has 0 aliphatic carbocycles. The molecule has 10 heteroatoms. The summed E-state index contributed by atoms with van der Waals surface area (Å²) in [7, 11) is 0. The van der Waals surface area contributed by atoms with Gasteiger partial charge in [0.15, 0.2) is 5.13 Å². The first kappa shape index (κ1) is 23.9. The van der Waals surface area contributed by atoms with Crippen LogP contribution in [-0.4, -0.2) is 40.3 Å². The van der Waals surface area contributed by atoms with Crippen molar-refractivity contribution in [1.29, 1.82) is 5.26 Å². The molecule has 3 aromatic heterocycles. The summed E-state index contributed by atoms with van der Waals surface area (Å²) in [5, 5.41) is 19.9. The van der Waals surface area contributed by atoms with E-state index in [-0.39, 0.29) is 6.03 Å². The highest BCUT2D eigenvalue weighted by Crippen LogP contribution is 2.34. The lowest BCUT2D eigenvalue weighted by Crippen LogP contribution is -2.30. The van der Waals surface area contributed by atoms with Crippen LogP contribution in [0.1, 0.15) is 18.4 Å². The molecule has 38 heavy (non-hydrogen) atoms. The lowest BCUT2D eigenvalue weighted by Gasteiger charge is -2.23. The molecule has 9 nitrogen and oxygen atoms in total. The number of hydrogen-bond donors (Lipinski definition) is 2. The first-order valence-electron chi connectivity index (χ1n) is 12.3. The van der Waals surface area contributed by atoms with Crippen LogP contribution in [0.15, 0.2) is 66.4 Å². The van der Waals surface area contributed by atoms with Crippen molar-refractivity contribution in [1.82, 2.24) is 19.9 Å². The van der Waals surface area contributed by atoms with Crippen molar-refractivity contribution in [3.63, 3.8) is 0 Å². The standard InChI is InChI=1S/C28H24N6O3S/c29-16-20-14-22-23(15-26(20)36-17-18-3-7-30-8-4-18)31-9-5-25(22)37-21-1-2-24-19(13-21)6-11-34(24)28(35)33-27-32-10-12-38-27/h1-2,5-6,9-15,18,30H,3-4,7-8,17H2,(H,32,33,35). The van der Waals surface area contributed by atoms with E-state index >= 15 is 0 Å². The largest absolute Gasteiger partial charge is 0.492 e. The van der Waals surface area contributed by atoms with Crippen molar-refractivity contribution >= 4 is 44.3 Å². The summed E-state index contributed by atoms with van der Waals surface area (Å²) in [6, 6.07) is 14.7. The highest BCUT2D eigenvalue weighted by atomic mass is 32.1. The van der Waals surface area contributed by atoms with E-state index in [1.165, 1.54) is 15.9 Å². The van der Waals surface area contributed by atoms with E-state index in [9.17, 15) is 10.1 Å². The molecule has 4 heterocycles. The number of ether oxygens (including phenoxy) is 2. The molecule has 1 amide bonds. The summed E-state index contributed by atoms with van der Waals surface area (Å²) in [6.07, 6.45) is 7.16. The van der Waals surface area contributed by atoms with Gasteiger partial charge in [0, 0.05) is 40.8 Å². The average molecular weight is 525 g/mol. The number of nitriles is 1. The van der Waals surface area contributed by atoms with Gasteiger partial charge in [0.2, 0.25) is 0 Å². The number of amides is 1. The number of benzene rings is 2. The van der Waals surface area contributed by atoms with E-state index in [2.05, 4.69) is 26.7 Å². The SMILES string of the molecule is N#Cc1cc2c(Oc3ccc4c(ccn4C(=O)Nc4nccs4)c3)ccnc2cc1OCC1CCNCC1. The minimum Gasteiger partial charge on any atom is -0.492 e. The third kappa shape index (κ3) is 4.89. The Kier molecular flexibility index (Phi) is 6.60. The van der Waals surface area contributed by atoms with Crippen LogP contribution < -0.4 is 20.1 Å². The molecule has 0 spiro atoms. The fourth-order valence-electron chi connectivity index (χ4n) is 4.63. The zero-order valence-corrected chi connectivity index (χ0v) is 21.2. The predicted molar refractivity (Wildman–Crippen MR) is 146 cm³/mol. The van der Waals surface area contributed by atoms with Crippen molar-refractivity contribution in [3.05, 3.63) is 72.0 Å².